The van der Waals surface area contributed by atoms with Gasteiger partial charge in [0.25, 0.3) is 6.43 Å². The van der Waals surface area contributed by atoms with Crippen LogP contribution in [0.25, 0.3) is 0 Å². The Morgan fingerprint density at radius 3 is 2.67 bits per heavy atom. The molecule has 3 amide bonds. The minimum absolute atomic E-state index is 0.0219. The molecule has 1 aliphatic rings. The van der Waals surface area contributed by atoms with Crippen LogP contribution in [0.1, 0.15) is 11.3 Å². The van der Waals surface area contributed by atoms with E-state index in [1.165, 1.54) is 29.3 Å². The molecule has 0 saturated carbocycles. The van der Waals surface area contributed by atoms with Crippen LogP contribution in [0.5, 0.6) is 5.75 Å². The predicted molar refractivity (Wildman–Crippen MR) is 100 cm³/mol. The van der Waals surface area contributed by atoms with Crippen molar-refractivity contribution in [2.45, 2.75) is 24.4 Å². The number of amides is 3. The van der Waals surface area contributed by atoms with E-state index in [-0.39, 0.29) is 36.2 Å². The second kappa shape index (κ2) is 9.13. The van der Waals surface area contributed by atoms with E-state index in [1.807, 2.05) is 0 Å². The van der Waals surface area contributed by atoms with Crippen LogP contribution in [0, 0.1) is 0 Å². The van der Waals surface area contributed by atoms with Gasteiger partial charge in [-0.3, -0.25) is 15.1 Å². The van der Waals surface area contributed by atoms with Crippen molar-refractivity contribution in [3.63, 3.8) is 0 Å². The zero-order valence-corrected chi connectivity index (χ0v) is 16.4. The molecule has 30 heavy (non-hydrogen) atoms. The second-order valence-electron chi connectivity index (χ2n) is 6.37. The zero-order valence-electron chi connectivity index (χ0n) is 15.5. The Labute approximate surface area is 171 Å². The molecule has 0 radical (unpaired) electrons. The number of rotatable bonds is 9. The molecular weight excluding hydrogens is 422 g/mol. The summed E-state index contributed by atoms with van der Waals surface area (Å²) in [6, 6.07) is 8.04. The monoisotopic (exact) mass is 440 g/mol. The molecule has 0 bridgehead atoms. The molecule has 9 nitrogen and oxygen atoms in total. The lowest BCUT2D eigenvalue weighted by Gasteiger charge is -2.13. The van der Waals surface area contributed by atoms with Gasteiger partial charge in [-0.05, 0) is 23.8 Å². The molecule has 2 heterocycles. The number of nitrogens with zero attached hydrogens (tertiary/aromatic N) is 2. The Kier molecular flexibility index (Phi) is 6.57. The Bertz CT molecular complexity index is 1030. The zero-order chi connectivity index (χ0) is 21.7. The summed E-state index contributed by atoms with van der Waals surface area (Å²) in [5, 5.41) is 2.17. The van der Waals surface area contributed by atoms with Gasteiger partial charge in [0.1, 0.15) is 18.9 Å². The summed E-state index contributed by atoms with van der Waals surface area (Å²) in [5.74, 6) is -0.358. The number of urea groups is 1. The third-order valence-electron chi connectivity index (χ3n) is 4.06. The number of halogens is 2. The molecule has 160 valence electrons. The van der Waals surface area contributed by atoms with E-state index in [4.69, 9.17) is 4.74 Å². The fraction of sp³-hybridized carbons (Fsp3) is 0.278. The maximum Gasteiger partial charge on any atom is 0.324 e. The van der Waals surface area contributed by atoms with Crippen LogP contribution < -0.4 is 14.8 Å². The highest BCUT2D eigenvalue weighted by Gasteiger charge is 2.26. The highest BCUT2D eigenvalue weighted by Crippen LogP contribution is 2.18. The standard InChI is InChI=1S/C18H18F2N4O5S/c19-16(20)11-29-14-2-1-3-15(6-14)30(27,28)22-8-12-4-5-13(21-7-12)9-24-10-17(25)23-18(24)26/h1-7,16,22H,8-11H2,(H,23,25,26). The van der Waals surface area contributed by atoms with Crippen molar-refractivity contribution in [2.24, 2.45) is 0 Å². The summed E-state index contributed by atoms with van der Waals surface area (Å²) in [7, 11) is -3.91. The topological polar surface area (TPSA) is 118 Å². The SMILES string of the molecule is O=C1CN(Cc2ccc(CNS(=O)(=O)c3cccc(OCC(F)F)c3)cn2)C(=O)N1. The molecule has 2 aromatic rings. The van der Waals surface area contributed by atoms with Gasteiger partial charge in [0, 0.05) is 18.8 Å². The van der Waals surface area contributed by atoms with Crippen molar-refractivity contribution in [3.8, 4) is 5.75 Å². The lowest BCUT2D eigenvalue weighted by Crippen LogP contribution is -2.28. The molecule has 1 saturated heterocycles. The average molecular weight is 440 g/mol. The summed E-state index contributed by atoms with van der Waals surface area (Å²) in [5.41, 5.74) is 1.10. The summed E-state index contributed by atoms with van der Waals surface area (Å²) in [4.78, 5) is 28.1. The van der Waals surface area contributed by atoms with E-state index in [2.05, 4.69) is 15.0 Å². The average Bonchev–Trinajstić information content (AvgIpc) is 3.03. The quantitative estimate of drug-likeness (QED) is 0.567. The smallest absolute Gasteiger partial charge is 0.324 e. The van der Waals surface area contributed by atoms with Crippen LogP contribution in [0.4, 0.5) is 13.6 Å². The van der Waals surface area contributed by atoms with Gasteiger partial charge in [0.2, 0.25) is 15.9 Å². The van der Waals surface area contributed by atoms with Crippen LogP contribution >= 0.6 is 0 Å². The third kappa shape index (κ3) is 5.70. The minimum atomic E-state index is -3.91. The van der Waals surface area contributed by atoms with Gasteiger partial charge >= 0.3 is 6.03 Å². The number of sulfonamides is 1. The van der Waals surface area contributed by atoms with E-state index in [0.29, 0.717) is 11.3 Å². The van der Waals surface area contributed by atoms with Gasteiger partial charge in [-0.15, -0.1) is 0 Å². The number of hydrogen-bond donors (Lipinski definition) is 2. The van der Waals surface area contributed by atoms with Gasteiger partial charge < -0.3 is 9.64 Å². The molecule has 1 aliphatic heterocycles. The van der Waals surface area contributed by atoms with Gasteiger partial charge in [0.05, 0.1) is 17.1 Å². The Balaban J connectivity index is 1.58. The van der Waals surface area contributed by atoms with Crippen molar-refractivity contribution in [1.82, 2.24) is 19.9 Å². The van der Waals surface area contributed by atoms with Crippen molar-refractivity contribution >= 4 is 22.0 Å². The highest BCUT2D eigenvalue weighted by atomic mass is 32.2. The molecule has 1 aromatic carbocycles. The molecule has 0 spiro atoms. The first-order chi connectivity index (χ1) is 14.2. The number of pyridine rings is 1. The largest absolute Gasteiger partial charge is 0.488 e. The summed E-state index contributed by atoms with van der Waals surface area (Å²) in [6.07, 6.45) is -1.21. The van der Waals surface area contributed by atoms with Crippen LogP contribution in [0.15, 0.2) is 47.5 Å². The number of hydrogen-bond acceptors (Lipinski definition) is 6. The Morgan fingerprint density at radius 2 is 2.03 bits per heavy atom. The molecule has 12 heteroatoms. The normalized spacial score (nSPS) is 14.3. The molecule has 1 fully saturated rings. The van der Waals surface area contributed by atoms with Crippen LogP contribution in [-0.2, 0) is 27.9 Å². The summed E-state index contributed by atoms with van der Waals surface area (Å²) in [6.45, 7) is -0.778. The number of alkyl halides is 2. The fourth-order valence-corrected chi connectivity index (χ4v) is 3.66. The molecular formula is C18H18F2N4O5S. The first kappa shape index (κ1) is 21.6. The van der Waals surface area contributed by atoms with Gasteiger partial charge in [-0.25, -0.2) is 26.7 Å². The van der Waals surface area contributed by atoms with Gasteiger partial charge in [-0.2, -0.15) is 0 Å². The molecule has 0 aliphatic carbocycles. The first-order valence-electron chi connectivity index (χ1n) is 8.76. The minimum Gasteiger partial charge on any atom is -0.488 e. The fourth-order valence-electron chi connectivity index (χ4n) is 2.61. The number of benzene rings is 1. The van der Waals surface area contributed by atoms with Crippen molar-refractivity contribution in [2.75, 3.05) is 13.2 Å². The van der Waals surface area contributed by atoms with E-state index < -0.39 is 29.1 Å². The van der Waals surface area contributed by atoms with Crippen LogP contribution in [-0.4, -0.2) is 49.8 Å². The third-order valence-corrected chi connectivity index (χ3v) is 5.46. The second-order valence-corrected chi connectivity index (χ2v) is 8.14. The number of aromatic nitrogens is 1. The lowest BCUT2D eigenvalue weighted by molar-refractivity contribution is -0.118. The summed E-state index contributed by atoms with van der Waals surface area (Å²) >= 11 is 0. The van der Waals surface area contributed by atoms with Crippen LogP contribution in [0.2, 0.25) is 0 Å². The number of nitrogens with one attached hydrogen (secondary N) is 2. The van der Waals surface area contributed by atoms with Crippen LogP contribution in [0.3, 0.4) is 0 Å². The number of carbonyl (C=O) groups excluding carboxylic acids is 2. The van der Waals surface area contributed by atoms with E-state index in [9.17, 15) is 26.8 Å². The van der Waals surface area contributed by atoms with Crippen molar-refractivity contribution < 1.29 is 31.5 Å². The van der Waals surface area contributed by atoms with Crippen molar-refractivity contribution in [1.29, 1.82) is 0 Å². The molecule has 0 unspecified atom stereocenters. The lowest BCUT2D eigenvalue weighted by atomic mass is 10.2. The van der Waals surface area contributed by atoms with Gasteiger partial charge in [0.15, 0.2) is 0 Å². The summed E-state index contributed by atoms with van der Waals surface area (Å²) < 4.78 is 56.6. The number of ether oxygens (including phenoxy) is 1. The molecule has 1 aromatic heterocycles. The first-order valence-corrected chi connectivity index (χ1v) is 10.2. The molecule has 0 atom stereocenters. The van der Waals surface area contributed by atoms with Crippen molar-refractivity contribution in [3.05, 3.63) is 53.9 Å². The van der Waals surface area contributed by atoms with E-state index in [1.54, 1.807) is 12.1 Å². The predicted octanol–water partition coefficient (Wildman–Crippen LogP) is 1.26. The maximum atomic E-state index is 12.4. The van der Waals surface area contributed by atoms with E-state index in [0.717, 1.165) is 6.07 Å². The number of carbonyl (C=O) groups is 2. The maximum absolute atomic E-state index is 12.4. The number of imide groups is 1. The van der Waals surface area contributed by atoms with E-state index >= 15 is 0 Å². The Morgan fingerprint density at radius 1 is 1.23 bits per heavy atom. The molecule has 3 rings (SSSR count). The Hall–Kier alpha value is -3.12. The van der Waals surface area contributed by atoms with Gasteiger partial charge in [-0.1, -0.05) is 12.1 Å². The highest BCUT2D eigenvalue weighted by molar-refractivity contribution is 7.89. The molecule has 2 N–H and O–H groups in total.